The molecule has 1 atom stereocenters. The first-order valence-corrected chi connectivity index (χ1v) is 34.6. The predicted octanol–water partition coefficient (Wildman–Crippen LogP) is 23.7. The van der Waals surface area contributed by atoms with Crippen molar-refractivity contribution in [2.24, 2.45) is 0 Å². The van der Waals surface area contributed by atoms with Crippen molar-refractivity contribution < 1.29 is 28.6 Å². The first-order chi connectivity index (χ1) is 38.5. The standard InChI is InChI=1S/C72H132O6/c1-4-7-10-13-16-19-21-23-25-27-29-31-33-34-35-36-37-38-40-41-43-45-47-49-51-53-56-59-62-65-71(74)77-68-69(67-76-70(73)64-61-58-55-18-15-12-9-6-3)78-72(75)66-63-60-57-54-52-50-48-46-44-42-39-32-30-28-26-24-22-20-17-14-11-8-5-2/h21,23,27-30,33-34,69H,4-20,22,24-26,31-32,35-68H2,1-3H3/b23-21-,29-27-,30-28-,34-33-. The van der Waals surface area contributed by atoms with Crippen LogP contribution < -0.4 is 0 Å². The van der Waals surface area contributed by atoms with E-state index in [0.29, 0.717) is 19.3 Å². The lowest BCUT2D eigenvalue weighted by atomic mass is 10.0. The molecule has 0 amide bonds. The minimum Gasteiger partial charge on any atom is -0.462 e. The van der Waals surface area contributed by atoms with E-state index in [9.17, 15) is 14.4 Å². The van der Waals surface area contributed by atoms with Crippen LogP contribution in [0, 0.1) is 0 Å². The summed E-state index contributed by atoms with van der Waals surface area (Å²) in [7, 11) is 0. The highest BCUT2D eigenvalue weighted by Gasteiger charge is 2.19. The van der Waals surface area contributed by atoms with Gasteiger partial charge in [0, 0.05) is 19.3 Å². The molecule has 0 aliphatic carbocycles. The second kappa shape index (κ2) is 66.9. The Morgan fingerprint density at radius 2 is 0.462 bits per heavy atom. The lowest BCUT2D eigenvalue weighted by Crippen LogP contribution is -2.30. The highest BCUT2D eigenvalue weighted by Crippen LogP contribution is 2.18. The molecule has 0 saturated carbocycles. The largest absolute Gasteiger partial charge is 0.462 e. The summed E-state index contributed by atoms with van der Waals surface area (Å²) in [5.41, 5.74) is 0. The highest BCUT2D eigenvalue weighted by atomic mass is 16.6. The van der Waals surface area contributed by atoms with Crippen LogP contribution in [0.4, 0.5) is 0 Å². The van der Waals surface area contributed by atoms with E-state index in [-0.39, 0.29) is 31.1 Å². The summed E-state index contributed by atoms with van der Waals surface area (Å²) in [6.45, 7) is 6.65. The van der Waals surface area contributed by atoms with Gasteiger partial charge in [-0.1, -0.05) is 320 Å². The molecule has 0 rings (SSSR count). The molecule has 0 bridgehead atoms. The van der Waals surface area contributed by atoms with E-state index in [2.05, 4.69) is 69.4 Å². The number of unbranched alkanes of at least 4 members (excludes halogenated alkanes) is 45. The van der Waals surface area contributed by atoms with E-state index < -0.39 is 6.10 Å². The first-order valence-electron chi connectivity index (χ1n) is 34.6. The Kier molecular flexibility index (Phi) is 64.6. The fourth-order valence-corrected chi connectivity index (χ4v) is 10.3. The zero-order valence-corrected chi connectivity index (χ0v) is 52.5. The van der Waals surface area contributed by atoms with Gasteiger partial charge in [0.2, 0.25) is 0 Å². The molecule has 0 aromatic carbocycles. The lowest BCUT2D eigenvalue weighted by Gasteiger charge is -2.18. The Morgan fingerprint density at radius 3 is 0.731 bits per heavy atom. The average Bonchev–Trinajstić information content (AvgIpc) is 3.44. The van der Waals surface area contributed by atoms with Crippen LogP contribution in [0.3, 0.4) is 0 Å². The van der Waals surface area contributed by atoms with Gasteiger partial charge in [-0.15, -0.1) is 0 Å². The number of hydrogen-bond acceptors (Lipinski definition) is 6. The summed E-state index contributed by atoms with van der Waals surface area (Å²) in [6, 6.07) is 0. The topological polar surface area (TPSA) is 78.9 Å². The molecule has 6 nitrogen and oxygen atoms in total. The van der Waals surface area contributed by atoms with Crippen LogP contribution >= 0.6 is 0 Å². The summed E-state index contributed by atoms with van der Waals surface area (Å²) in [6.07, 6.45) is 84.4. The van der Waals surface area contributed by atoms with Gasteiger partial charge in [0.1, 0.15) is 13.2 Å². The quantitative estimate of drug-likeness (QED) is 0.0261. The van der Waals surface area contributed by atoms with Crippen LogP contribution in [0.2, 0.25) is 0 Å². The molecular formula is C72H132O6. The molecule has 0 aliphatic heterocycles. The molecule has 0 aromatic heterocycles. The smallest absolute Gasteiger partial charge is 0.306 e. The van der Waals surface area contributed by atoms with Crippen molar-refractivity contribution in [3.05, 3.63) is 48.6 Å². The number of allylic oxidation sites excluding steroid dienone is 8. The molecule has 0 fully saturated rings. The van der Waals surface area contributed by atoms with Gasteiger partial charge < -0.3 is 14.2 Å². The summed E-state index contributed by atoms with van der Waals surface area (Å²) in [5, 5.41) is 0. The molecule has 456 valence electrons. The summed E-state index contributed by atoms with van der Waals surface area (Å²) >= 11 is 0. The van der Waals surface area contributed by atoms with Crippen LogP contribution in [-0.4, -0.2) is 37.2 Å². The van der Waals surface area contributed by atoms with Gasteiger partial charge in [0.05, 0.1) is 0 Å². The van der Waals surface area contributed by atoms with E-state index in [4.69, 9.17) is 14.2 Å². The van der Waals surface area contributed by atoms with Crippen molar-refractivity contribution in [3.63, 3.8) is 0 Å². The fourth-order valence-electron chi connectivity index (χ4n) is 10.3. The number of rotatable bonds is 64. The van der Waals surface area contributed by atoms with Gasteiger partial charge in [0.15, 0.2) is 6.10 Å². The van der Waals surface area contributed by atoms with Crippen molar-refractivity contribution in [3.8, 4) is 0 Å². The van der Waals surface area contributed by atoms with Gasteiger partial charge in [-0.05, 0) is 83.5 Å². The molecule has 0 heterocycles. The monoisotopic (exact) mass is 1090 g/mol. The zero-order valence-electron chi connectivity index (χ0n) is 52.5. The van der Waals surface area contributed by atoms with Gasteiger partial charge >= 0.3 is 17.9 Å². The van der Waals surface area contributed by atoms with Crippen molar-refractivity contribution in [1.29, 1.82) is 0 Å². The maximum atomic E-state index is 12.9. The van der Waals surface area contributed by atoms with Crippen molar-refractivity contribution in [2.75, 3.05) is 13.2 Å². The van der Waals surface area contributed by atoms with Crippen LogP contribution in [0.15, 0.2) is 48.6 Å². The van der Waals surface area contributed by atoms with Crippen molar-refractivity contribution in [1.82, 2.24) is 0 Å². The summed E-state index contributed by atoms with van der Waals surface area (Å²) in [5.74, 6) is -0.853. The molecule has 1 unspecified atom stereocenters. The first kappa shape index (κ1) is 75.4. The normalized spacial score (nSPS) is 12.3. The molecule has 0 N–H and O–H groups in total. The van der Waals surface area contributed by atoms with E-state index in [1.165, 1.54) is 263 Å². The molecular weight excluding hydrogens is 961 g/mol. The molecule has 0 aromatic rings. The average molecular weight is 1090 g/mol. The SMILES string of the molecule is CCCCCCC/C=C\C/C=C\C/C=C\CCCCCCCCCCCCCCCCC(=O)OCC(COC(=O)CCCCCCCCCC)OC(=O)CCCCCCCCCCCCC/C=C\CCCCCCCCCC. The molecule has 0 aliphatic rings. The van der Waals surface area contributed by atoms with Gasteiger partial charge in [-0.25, -0.2) is 0 Å². The van der Waals surface area contributed by atoms with Crippen LogP contribution in [-0.2, 0) is 28.6 Å². The lowest BCUT2D eigenvalue weighted by molar-refractivity contribution is -0.167. The van der Waals surface area contributed by atoms with E-state index in [1.54, 1.807) is 0 Å². The minimum atomic E-state index is -0.770. The number of carbonyl (C=O) groups excluding carboxylic acids is 3. The Balaban J connectivity index is 4.09. The van der Waals surface area contributed by atoms with Gasteiger partial charge in [-0.3, -0.25) is 14.4 Å². The van der Waals surface area contributed by atoms with Crippen LogP contribution in [0.1, 0.15) is 374 Å². The van der Waals surface area contributed by atoms with Gasteiger partial charge in [-0.2, -0.15) is 0 Å². The van der Waals surface area contributed by atoms with Gasteiger partial charge in [0.25, 0.3) is 0 Å². The number of carbonyl (C=O) groups is 3. The fraction of sp³-hybridized carbons (Fsp3) is 0.847. The highest BCUT2D eigenvalue weighted by molar-refractivity contribution is 5.71. The Labute approximate surface area is 486 Å². The third-order valence-corrected chi connectivity index (χ3v) is 15.6. The summed E-state index contributed by atoms with van der Waals surface area (Å²) < 4.78 is 16.9. The molecule has 0 radical (unpaired) electrons. The molecule has 0 saturated heterocycles. The Bertz CT molecular complexity index is 1350. The van der Waals surface area contributed by atoms with Crippen molar-refractivity contribution in [2.45, 2.75) is 380 Å². The third-order valence-electron chi connectivity index (χ3n) is 15.6. The van der Waals surface area contributed by atoms with Crippen molar-refractivity contribution >= 4 is 17.9 Å². The summed E-state index contributed by atoms with van der Waals surface area (Å²) in [4.78, 5) is 38.2. The van der Waals surface area contributed by atoms with Crippen LogP contribution in [0.5, 0.6) is 0 Å². The Morgan fingerprint density at radius 1 is 0.256 bits per heavy atom. The number of hydrogen-bond donors (Lipinski definition) is 0. The van der Waals surface area contributed by atoms with Crippen LogP contribution in [0.25, 0.3) is 0 Å². The van der Waals surface area contributed by atoms with E-state index >= 15 is 0 Å². The number of esters is 3. The zero-order chi connectivity index (χ0) is 56.4. The second-order valence-electron chi connectivity index (χ2n) is 23.4. The third kappa shape index (κ3) is 64.2. The van der Waals surface area contributed by atoms with E-state index in [0.717, 1.165) is 70.6 Å². The second-order valence-corrected chi connectivity index (χ2v) is 23.4. The maximum absolute atomic E-state index is 12.9. The number of ether oxygens (including phenoxy) is 3. The predicted molar refractivity (Wildman–Crippen MR) is 339 cm³/mol. The van der Waals surface area contributed by atoms with E-state index in [1.807, 2.05) is 0 Å². The molecule has 78 heavy (non-hydrogen) atoms. The minimum absolute atomic E-state index is 0.0693. The maximum Gasteiger partial charge on any atom is 0.306 e. The Hall–Kier alpha value is -2.63. The molecule has 0 spiro atoms. The molecule has 6 heteroatoms.